The summed E-state index contributed by atoms with van der Waals surface area (Å²) in [6.45, 7) is 2.65. The highest BCUT2D eigenvalue weighted by atomic mass is 32.3. The van der Waals surface area contributed by atoms with Crippen LogP contribution in [0.3, 0.4) is 0 Å². The van der Waals surface area contributed by atoms with Gasteiger partial charge in [-0.15, -0.1) is 0 Å². The highest BCUT2D eigenvalue weighted by molar-refractivity contribution is 7.79. The van der Waals surface area contributed by atoms with Crippen LogP contribution in [0.4, 0.5) is 13.2 Å². The summed E-state index contributed by atoms with van der Waals surface area (Å²) in [6.07, 6.45) is -0.764. The molecule has 0 unspecified atom stereocenters. The first-order valence-corrected chi connectivity index (χ1v) is 10.6. The van der Waals surface area contributed by atoms with Crippen molar-refractivity contribution >= 4 is 27.2 Å². The molecule has 9 heteroatoms. The number of hydrogen-bond donors (Lipinski definition) is 3. The fourth-order valence-corrected chi connectivity index (χ4v) is 3.00. The third-order valence-corrected chi connectivity index (χ3v) is 4.36. The lowest BCUT2D eigenvalue weighted by molar-refractivity contribution is -0.137. The lowest BCUT2D eigenvalue weighted by Gasteiger charge is -2.15. The van der Waals surface area contributed by atoms with Gasteiger partial charge in [-0.3, -0.25) is 9.11 Å². The molecule has 1 atom stereocenters. The molecule has 3 aromatic carbocycles. The predicted octanol–water partition coefficient (Wildman–Crippen LogP) is 5.57. The average molecular weight is 453 g/mol. The van der Waals surface area contributed by atoms with E-state index in [9.17, 15) is 13.2 Å². The standard InChI is InChI=1S/C22H20F3N.H2O4S/c1-16(20-13-5-10-18-9-2-3-12-21(18)20)26-14-6-8-17-7-4-11-19(15-17)22(23,24)25;1-5(2,3)4/h2-13,15-16,26H,14H2,1H3;(H2,1,2,3,4)/b8-6+;/t16-;/m1./s1. The van der Waals surface area contributed by atoms with E-state index in [0.29, 0.717) is 12.1 Å². The van der Waals surface area contributed by atoms with Gasteiger partial charge in [0.05, 0.1) is 5.56 Å². The summed E-state index contributed by atoms with van der Waals surface area (Å²) >= 11 is 0. The van der Waals surface area contributed by atoms with Crippen molar-refractivity contribution in [2.45, 2.75) is 19.1 Å². The van der Waals surface area contributed by atoms with Gasteiger partial charge in [0, 0.05) is 12.6 Å². The van der Waals surface area contributed by atoms with E-state index >= 15 is 0 Å². The van der Waals surface area contributed by atoms with Gasteiger partial charge in [0.15, 0.2) is 0 Å². The van der Waals surface area contributed by atoms with Crippen LogP contribution in [0.5, 0.6) is 0 Å². The van der Waals surface area contributed by atoms with Gasteiger partial charge in [0.25, 0.3) is 0 Å². The van der Waals surface area contributed by atoms with Gasteiger partial charge in [-0.25, -0.2) is 0 Å². The maximum Gasteiger partial charge on any atom is 0.416 e. The number of alkyl halides is 3. The van der Waals surface area contributed by atoms with E-state index in [1.165, 1.54) is 22.4 Å². The molecule has 0 saturated heterocycles. The summed E-state index contributed by atoms with van der Waals surface area (Å²) in [7, 11) is -4.67. The number of nitrogens with one attached hydrogen (secondary N) is 1. The molecule has 0 saturated carbocycles. The molecule has 0 aliphatic carbocycles. The Balaban J connectivity index is 0.000000614. The Morgan fingerprint density at radius 1 is 1.00 bits per heavy atom. The molecule has 3 N–H and O–H groups in total. The monoisotopic (exact) mass is 453 g/mol. The van der Waals surface area contributed by atoms with E-state index in [4.69, 9.17) is 17.5 Å². The molecule has 31 heavy (non-hydrogen) atoms. The second-order valence-electron chi connectivity index (χ2n) is 6.67. The first-order valence-electron chi connectivity index (χ1n) is 9.20. The number of halogens is 3. The summed E-state index contributed by atoms with van der Waals surface area (Å²) in [4.78, 5) is 0. The zero-order valence-electron chi connectivity index (χ0n) is 16.5. The minimum atomic E-state index is -4.67. The van der Waals surface area contributed by atoms with Crippen LogP contribution in [0.1, 0.15) is 29.7 Å². The Hall–Kier alpha value is -2.72. The number of fused-ring (bicyclic) bond motifs is 1. The average Bonchev–Trinajstić information content (AvgIpc) is 2.69. The fraction of sp³-hybridized carbons (Fsp3) is 0.182. The Morgan fingerprint density at radius 2 is 1.61 bits per heavy atom. The van der Waals surface area contributed by atoms with Crippen LogP contribution in [0.15, 0.2) is 72.8 Å². The maximum absolute atomic E-state index is 12.7. The maximum atomic E-state index is 12.7. The molecule has 0 heterocycles. The van der Waals surface area contributed by atoms with Crippen molar-refractivity contribution in [3.8, 4) is 0 Å². The van der Waals surface area contributed by atoms with Crippen LogP contribution < -0.4 is 5.32 Å². The van der Waals surface area contributed by atoms with Gasteiger partial charge in [-0.2, -0.15) is 21.6 Å². The van der Waals surface area contributed by atoms with E-state index in [1.54, 1.807) is 12.1 Å². The second-order valence-corrected chi connectivity index (χ2v) is 7.57. The van der Waals surface area contributed by atoms with Gasteiger partial charge in [-0.1, -0.05) is 66.7 Å². The third-order valence-electron chi connectivity index (χ3n) is 4.36. The van der Waals surface area contributed by atoms with Crippen LogP contribution in [0.2, 0.25) is 0 Å². The van der Waals surface area contributed by atoms with Crippen molar-refractivity contribution < 1.29 is 30.7 Å². The molecule has 166 valence electrons. The Labute approximate surface area is 178 Å². The van der Waals surface area contributed by atoms with Crippen molar-refractivity contribution in [3.63, 3.8) is 0 Å². The van der Waals surface area contributed by atoms with Crippen molar-refractivity contribution in [1.82, 2.24) is 5.32 Å². The minimum Gasteiger partial charge on any atom is -0.307 e. The molecule has 0 bridgehead atoms. The van der Waals surface area contributed by atoms with E-state index in [1.807, 2.05) is 24.3 Å². The molecule has 0 aliphatic heterocycles. The van der Waals surface area contributed by atoms with Gasteiger partial charge < -0.3 is 5.32 Å². The summed E-state index contributed by atoms with van der Waals surface area (Å²) in [5.74, 6) is 0. The molecule has 0 radical (unpaired) electrons. The smallest absolute Gasteiger partial charge is 0.307 e. The van der Waals surface area contributed by atoms with Gasteiger partial charge in [0.2, 0.25) is 0 Å². The summed E-state index contributed by atoms with van der Waals surface area (Å²) in [5, 5.41) is 5.80. The third kappa shape index (κ3) is 8.50. The van der Waals surface area contributed by atoms with E-state index in [2.05, 4.69) is 36.5 Å². The van der Waals surface area contributed by atoms with Crippen LogP contribution in [-0.4, -0.2) is 24.1 Å². The van der Waals surface area contributed by atoms with Crippen LogP contribution in [0, 0.1) is 0 Å². The summed E-state index contributed by atoms with van der Waals surface area (Å²) < 4.78 is 69.8. The van der Waals surface area contributed by atoms with Gasteiger partial charge in [-0.05, 0) is 41.0 Å². The second kappa shape index (κ2) is 10.5. The van der Waals surface area contributed by atoms with Crippen molar-refractivity contribution in [2.24, 2.45) is 0 Å². The summed E-state index contributed by atoms with van der Waals surface area (Å²) in [6, 6.07) is 19.9. The molecule has 0 aromatic heterocycles. The van der Waals surface area contributed by atoms with Gasteiger partial charge in [0.1, 0.15) is 0 Å². The Bertz CT molecular complexity index is 1130. The highest BCUT2D eigenvalue weighted by Gasteiger charge is 2.30. The Morgan fingerprint density at radius 3 is 2.29 bits per heavy atom. The van der Waals surface area contributed by atoms with E-state index < -0.39 is 22.1 Å². The lowest BCUT2D eigenvalue weighted by Crippen LogP contribution is -2.18. The normalized spacial score (nSPS) is 13.1. The molecule has 3 rings (SSSR count). The summed E-state index contributed by atoms with van der Waals surface area (Å²) in [5.41, 5.74) is 1.12. The van der Waals surface area contributed by atoms with Crippen molar-refractivity contribution in [1.29, 1.82) is 0 Å². The fourth-order valence-electron chi connectivity index (χ4n) is 3.00. The van der Waals surface area contributed by atoms with Crippen LogP contribution in [0.25, 0.3) is 16.8 Å². The van der Waals surface area contributed by atoms with E-state index in [-0.39, 0.29) is 6.04 Å². The quantitative estimate of drug-likeness (QED) is 0.440. The van der Waals surface area contributed by atoms with Crippen molar-refractivity contribution in [3.05, 3.63) is 89.5 Å². The molecular formula is C22H22F3NO4S. The van der Waals surface area contributed by atoms with Crippen LogP contribution in [-0.2, 0) is 16.6 Å². The van der Waals surface area contributed by atoms with Crippen LogP contribution >= 0.6 is 0 Å². The first-order chi connectivity index (χ1) is 14.4. The number of benzene rings is 3. The lowest BCUT2D eigenvalue weighted by atomic mass is 10.00. The topological polar surface area (TPSA) is 86.6 Å². The highest BCUT2D eigenvalue weighted by Crippen LogP contribution is 2.29. The molecule has 0 aliphatic rings. The minimum absolute atomic E-state index is 0.132. The molecule has 3 aromatic rings. The predicted molar refractivity (Wildman–Crippen MR) is 115 cm³/mol. The molecule has 0 amide bonds. The van der Waals surface area contributed by atoms with Crippen molar-refractivity contribution in [2.75, 3.05) is 6.54 Å². The zero-order chi connectivity index (χ0) is 23.1. The molecule has 0 spiro atoms. The SMILES string of the molecule is C[C@@H](NC/C=C/c1cccc(C(F)(F)F)c1)c1cccc2ccccc12.O=S(=O)(O)O. The Kier molecular flexibility index (Phi) is 8.35. The molecular weight excluding hydrogens is 431 g/mol. The first kappa shape index (κ1) is 24.5. The van der Waals surface area contributed by atoms with Gasteiger partial charge >= 0.3 is 16.6 Å². The molecule has 0 fully saturated rings. The number of rotatable bonds is 5. The zero-order valence-corrected chi connectivity index (χ0v) is 17.4. The largest absolute Gasteiger partial charge is 0.416 e. The van der Waals surface area contributed by atoms with E-state index in [0.717, 1.165) is 12.1 Å². The molecule has 5 nitrogen and oxygen atoms in total. The number of hydrogen-bond acceptors (Lipinski definition) is 3.